The maximum absolute atomic E-state index is 10.9. The fourth-order valence-electron chi connectivity index (χ4n) is 3.69. The maximum atomic E-state index is 10.9. The lowest BCUT2D eigenvalue weighted by Crippen LogP contribution is -2.50. The van der Waals surface area contributed by atoms with E-state index in [4.69, 9.17) is 15.2 Å². The van der Waals surface area contributed by atoms with Crippen molar-refractivity contribution in [1.82, 2.24) is 9.88 Å². The van der Waals surface area contributed by atoms with Crippen LogP contribution in [0.25, 0.3) is 17.2 Å². The summed E-state index contributed by atoms with van der Waals surface area (Å²) in [6, 6.07) is 10.2. The lowest BCUT2D eigenvalue weighted by atomic mass is 9.98. The molecular formula is C21H23N3O3. The molecule has 0 bridgehead atoms. The van der Waals surface area contributed by atoms with Crippen LogP contribution >= 0.6 is 0 Å². The molecule has 2 N–H and O–H groups in total. The van der Waals surface area contributed by atoms with Crippen LogP contribution in [0.15, 0.2) is 36.5 Å². The summed E-state index contributed by atoms with van der Waals surface area (Å²) < 4.78 is 12.3. The number of pyridine rings is 1. The highest BCUT2D eigenvalue weighted by Gasteiger charge is 2.40. The largest absolute Gasteiger partial charge is 0.462 e. The Morgan fingerprint density at radius 3 is 2.74 bits per heavy atom. The van der Waals surface area contributed by atoms with Gasteiger partial charge in [0.05, 0.1) is 12.3 Å². The standard InChI is InChI=1S/C21H23N3O3/c1-15-19(4-3-18(23-15)6-9-22)16-2-5-20-17(12-16)13-26-21(27-20)7-10-24(14-25)11-8-21/h2-6,9,12,14H,7-8,10-11,13,22H2,1H3. The Morgan fingerprint density at radius 2 is 2.04 bits per heavy atom. The number of hydrogen-bond acceptors (Lipinski definition) is 5. The van der Waals surface area contributed by atoms with Gasteiger partial charge in [0, 0.05) is 42.8 Å². The smallest absolute Gasteiger partial charge is 0.214 e. The van der Waals surface area contributed by atoms with Gasteiger partial charge in [-0.1, -0.05) is 12.1 Å². The van der Waals surface area contributed by atoms with Gasteiger partial charge in [0.1, 0.15) is 5.75 Å². The van der Waals surface area contributed by atoms with Crippen LogP contribution in [0, 0.1) is 6.92 Å². The van der Waals surface area contributed by atoms with Crippen molar-refractivity contribution in [2.45, 2.75) is 32.2 Å². The van der Waals surface area contributed by atoms with E-state index < -0.39 is 5.79 Å². The highest BCUT2D eigenvalue weighted by atomic mass is 16.7. The second-order valence-corrected chi connectivity index (χ2v) is 6.99. The maximum Gasteiger partial charge on any atom is 0.214 e. The zero-order valence-corrected chi connectivity index (χ0v) is 15.4. The van der Waals surface area contributed by atoms with E-state index in [1.807, 2.05) is 19.1 Å². The average molecular weight is 365 g/mol. The Kier molecular flexibility index (Phi) is 4.58. The summed E-state index contributed by atoms with van der Waals surface area (Å²) in [7, 11) is 0. The first-order valence-corrected chi connectivity index (χ1v) is 9.14. The summed E-state index contributed by atoms with van der Waals surface area (Å²) in [5.41, 5.74) is 10.4. The minimum atomic E-state index is -0.609. The molecule has 2 aliphatic heterocycles. The number of hydrogen-bond donors (Lipinski definition) is 1. The van der Waals surface area contributed by atoms with Crippen molar-refractivity contribution in [3.8, 4) is 16.9 Å². The molecular weight excluding hydrogens is 342 g/mol. The van der Waals surface area contributed by atoms with Gasteiger partial charge in [0.25, 0.3) is 0 Å². The first-order chi connectivity index (χ1) is 13.1. The molecule has 0 saturated carbocycles. The second-order valence-electron chi connectivity index (χ2n) is 6.99. The fraction of sp³-hybridized carbons (Fsp3) is 0.333. The van der Waals surface area contributed by atoms with Crippen LogP contribution in [0.5, 0.6) is 5.75 Å². The van der Waals surface area contributed by atoms with E-state index in [-0.39, 0.29) is 0 Å². The van der Waals surface area contributed by atoms with Gasteiger partial charge in [-0.3, -0.25) is 9.78 Å². The number of nitrogens with two attached hydrogens (primary N) is 1. The van der Waals surface area contributed by atoms with Crippen LogP contribution in [0.1, 0.15) is 29.8 Å². The van der Waals surface area contributed by atoms with Gasteiger partial charge in [0.15, 0.2) is 0 Å². The zero-order valence-electron chi connectivity index (χ0n) is 15.4. The summed E-state index contributed by atoms with van der Waals surface area (Å²) in [6.45, 7) is 3.81. The molecule has 1 spiro atoms. The third-order valence-corrected chi connectivity index (χ3v) is 5.24. The molecule has 0 atom stereocenters. The Bertz CT molecular complexity index is 886. The molecule has 140 valence electrons. The number of piperidine rings is 1. The summed E-state index contributed by atoms with van der Waals surface area (Å²) in [4.78, 5) is 17.2. The number of carbonyl (C=O) groups excluding carboxylic acids is 1. The number of benzene rings is 1. The van der Waals surface area contributed by atoms with Crippen LogP contribution in [-0.4, -0.2) is 35.2 Å². The zero-order chi connectivity index (χ0) is 18.9. The SMILES string of the molecule is Cc1nc(C=CN)ccc1-c1ccc2c(c1)COC1(CCN(C=O)CC1)O2. The van der Waals surface area contributed by atoms with E-state index in [9.17, 15) is 4.79 Å². The molecule has 0 aliphatic carbocycles. The van der Waals surface area contributed by atoms with Crippen LogP contribution < -0.4 is 10.5 Å². The molecule has 4 rings (SSSR count). The van der Waals surface area contributed by atoms with Crippen molar-refractivity contribution in [2.75, 3.05) is 13.1 Å². The third kappa shape index (κ3) is 3.40. The number of aromatic nitrogens is 1. The molecule has 6 heteroatoms. The van der Waals surface area contributed by atoms with E-state index >= 15 is 0 Å². The number of nitrogens with zero attached hydrogens (tertiary/aromatic N) is 2. The van der Waals surface area contributed by atoms with Crippen LogP contribution in [0.3, 0.4) is 0 Å². The Labute approximate surface area is 158 Å². The van der Waals surface area contributed by atoms with Gasteiger partial charge in [-0.25, -0.2) is 0 Å². The Hall–Kier alpha value is -2.86. The molecule has 1 amide bonds. The minimum Gasteiger partial charge on any atom is -0.462 e. The molecule has 2 aliphatic rings. The summed E-state index contributed by atoms with van der Waals surface area (Å²) >= 11 is 0. The van der Waals surface area contributed by atoms with Crippen LogP contribution in [0.2, 0.25) is 0 Å². The van der Waals surface area contributed by atoms with Gasteiger partial charge in [-0.05, 0) is 43.0 Å². The van der Waals surface area contributed by atoms with Crippen molar-refractivity contribution >= 4 is 12.5 Å². The molecule has 3 heterocycles. The van der Waals surface area contributed by atoms with Crippen molar-refractivity contribution in [3.63, 3.8) is 0 Å². The summed E-state index contributed by atoms with van der Waals surface area (Å²) in [5, 5.41) is 0. The number of likely N-dealkylation sites (tertiary alicyclic amines) is 1. The predicted molar refractivity (Wildman–Crippen MR) is 103 cm³/mol. The molecule has 1 aromatic heterocycles. The molecule has 0 radical (unpaired) electrons. The molecule has 1 fully saturated rings. The van der Waals surface area contributed by atoms with E-state index in [0.717, 1.165) is 40.2 Å². The molecule has 1 saturated heterocycles. The van der Waals surface area contributed by atoms with E-state index in [0.29, 0.717) is 32.5 Å². The Balaban J connectivity index is 1.57. The Morgan fingerprint density at radius 1 is 1.22 bits per heavy atom. The predicted octanol–water partition coefficient (Wildman–Crippen LogP) is 2.84. The van der Waals surface area contributed by atoms with Crippen molar-refractivity contribution in [1.29, 1.82) is 0 Å². The summed E-state index contributed by atoms with van der Waals surface area (Å²) in [5.74, 6) is 0.250. The number of carbonyl (C=O) groups is 1. The van der Waals surface area contributed by atoms with Gasteiger partial charge in [-0.2, -0.15) is 0 Å². The van der Waals surface area contributed by atoms with Gasteiger partial charge >= 0.3 is 0 Å². The quantitative estimate of drug-likeness (QED) is 0.847. The van der Waals surface area contributed by atoms with Crippen molar-refractivity contribution < 1.29 is 14.3 Å². The molecule has 2 aromatic rings. The summed E-state index contributed by atoms with van der Waals surface area (Å²) in [6.07, 6.45) is 5.53. The van der Waals surface area contributed by atoms with E-state index in [1.54, 1.807) is 11.0 Å². The van der Waals surface area contributed by atoms with Crippen molar-refractivity contribution in [3.05, 3.63) is 53.5 Å². The average Bonchev–Trinajstić information content (AvgIpc) is 2.69. The number of amides is 1. The number of fused-ring (bicyclic) bond motifs is 1. The first-order valence-electron chi connectivity index (χ1n) is 9.14. The monoisotopic (exact) mass is 365 g/mol. The lowest BCUT2D eigenvalue weighted by molar-refractivity contribution is -0.226. The topological polar surface area (TPSA) is 77.7 Å². The fourth-order valence-corrected chi connectivity index (χ4v) is 3.69. The van der Waals surface area contributed by atoms with Crippen LogP contribution in [0.4, 0.5) is 0 Å². The molecule has 0 unspecified atom stereocenters. The van der Waals surface area contributed by atoms with E-state index in [2.05, 4.69) is 23.2 Å². The molecule has 6 nitrogen and oxygen atoms in total. The second kappa shape index (κ2) is 7.04. The lowest BCUT2D eigenvalue weighted by Gasteiger charge is -2.43. The number of aryl methyl sites for hydroxylation is 1. The highest BCUT2D eigenvalue weighted by Crippen LogP contribution is 2.39. The molecule has 1 aromatic carbocycles. The molecule has 27 heavy (non-hydrogen) atoms. The van der Waals surface area contributed by atoms with Gasteiger partial charge in [-0.15, -0.1) is 0 Å². The highest BCUT2D eigenvalue weighted by molar-refractivity contribution is 5.69. The van der Waals surface area contributed by atoms with Crippen LogP contribution in [-0.2, 0) is 16.1 Å². The van der Waals surface area contributed by atoms with Crippen molar-refractivity contribution in [2.24, 2.45) is 5.73 Å². The normalized spacial score (nSPS) is 18.3. The van der Waals surface area contributed by atoms with E-state index in [1.165, 1.54) is 6.20 Å². The van der Waals surface area contributed by atoms with Gasteiger partial charge in [0.2, 0.25) is 12.2 Å². The first kappa shape index (κ1) is 17.5. The number of rotatable bonds is 3. The van der Waals surface area contributed by atoms with Gasteiger partial charge < -0.3 is 20.1 Å². The third-order valence-electron chi connectivity index (χ3n) is 5.24. The minimum absolute atomic E-state index is 0.505. The number of ether oxygens (including phenoxy) is 2.